The number of aromatic amines is 1. The molecule has 0 fully saturated rings. The van der Waals surface area contributed by atoms with Crippen LogP contribution in [0.3, 0.4) is 0 Å². The molecule has 4 nitrogen and oxygen atoms in total. The number of benzene rings is 1. The minimum absolute atomic E-state index is 0.191. The highest BCUT2D eigenvalue weighted by atomic mass is 79.9. The Morgan fingerprint density at radius 2 is 2.22 bits per heavy atom. The SMILES string of the molecule is COc1cc(Br)cc(C)c1NC(=O)c1ccc[nH]1. The second-order valence-electron chi connectivity index (χ2n) is 3.84. The molecule has 94 valence electrons. The first-order valence-electron chi connectivity index (χ1n) is 5.40. The fourth-order valence-electron chi connectivity index (χ4n) is 1.69. The standard InChI is InChI=1S/C13H13BrN2O2/c1-8-6-9(14)7-11(18-2)12(8)16-13(17)10-4-3-5-15-10/h3-7,15H,1-2H3,(H,16,17). The van der Waals surface area contributed by atoms with Gasteiger partial charge in [-0.25, -0.2) is 0 Å². The smallest absolute Gasteiger partial charge is 0.272 e. The number of nitrogens with one attached hydrogen (secondary N) is 2. The number of anilines is 1. The van der Waals surface area contributed by atoms with Gasteiger partial charge < -0.3 is 15.0 Å². The molecule has 0 saturated heterocycles. The number of aryl methyl sites for hydroxylation is 1. The van der Waals surface area contributed by atoms with Crippen LogP contribution in [0, 0.1) is 6.92 Å². The summed E-state index contributed by atoms with van der Waals surface area (Å²) < 4.78 is 6.18. The third-order valence-corrected chi connectivity index (χ3v) is 3.02. The number of carbonyl (C=O) groups excluding carboxylic acids is 1. The van der Waals surface area contributed by atoms with Gasteiger partial charge in [0.1, 0.15) is 11.4 Å². The van der Waals surface area contributed by atoms with E-state index in [0.717, 1.165) is 10.0 Å². The maximum absolute atomic E-state index is 12.0. The minimum atomic E-state index is -0.191. The first-order valence-corrected chi connectivity index (χ1v) is 6.20. The molecule has 1 aromatic heterocycles. The van der Waals surface area contributed by atoms with E-state index in [1.54, 1.807) is 25.4 Å². The summed E-state index contributed by atoms with van der Waals surface area (Å²) in [6, 6.07) is 7.24. The van der Waals surface area contributed by atoms with Gasteiger partial charge in [0.05, 0.1) is 12.8 Å². The van der Waals surface area contributed by atoms with E-state index in [1.165, 1.54) is 0 Å². The van der Waals surface area contributed by atoms with Crippen molar-refractivity contribution in [1.29, 1.82) is 0 Å². The molecule has 0 radical (unpaired) electrons. The van der Waals surface area contributed by atoms with Gasteiger partial charge in [0, 0.05) is 10.7 Å². The second-order valence-corrected chi connectivity index (χ2v) is 4.75. The fourth-order valence-corrected chi connectivity index (χ4v) is 2.24. The van der Waals surface area contributed by atoms with Crippen LogP contribution in [0.5, 0.6) is 5.75 Å². The van der Waals surface area contributed by atoms with E-state index in [1.807, 2.05) is 19.1 Å². The largest absolute Gasteiger partial charge is 0.495 e. The number of H-pyrrole nitrogens is 1. The van der Waals surface area contributed by atoms with Crippen LogP contribution < -0.4 is 10.1 Å². The molecule has 1 aromatic carbocycles. The monoisotopic (exact) mass is 308 g/mol. The van der Waals surface area contributed by atoms with Crippen LogP contribution in [0.2, 0.25) is 0 Å². The summed E-state index contributed by atoms with van der Waals surface area (Å²) in [5.74, 6) is 0.436. The van der Waals surface area contributed by atoms with E-state index in [9.17, 15) is 4.79 Å². The number of rotatable bonds is 3. The highest BCUT2D eigenvalue weighted by Crippen LogP contribution is 2.32. The average Bonchev–Trinajstić information content (AvgIpc) is 2.85. The first kappa shape index (κ1) is 12.7. The molecule has 2 N–H and O–H groups in total. The Labute approximate surface area is 113 Å². The van der Waals surface area contributed by atoms with E-state index in [2.05, 4.69) is 26.2 Å². The van der Waals surface area contributed by atoms with Gasteiger partial charge in [-0.05, 0) is 36.8 Å². The molecule has 2 rings (SSSR count). The topological polar surface area (TPSA) is 54.1 Å². The molecule has 0 atom stereocenters. The molecule has 0 aliphatic carbocycles. The van der Waals surface area contributed by atoms with Crippen LogP contribution in [-0.2, 0) is 0 Å². The number of halogens is 1. The molecule has 0 aliphatic heterocycles. The zero-order valence-corrected chi connectivity index (χ0v) is 11.7. The van der Waals surface area contributed by atoms with E-state index in [0.29, 0.717) is 17.1 Å². The molecule has 0 aliphatic rings. The molecule has 1 amide bonds. The third kappa shape index (κ3) is 2.56. The number of aromatic nitrogens is 1. The Morgan fingerprint density at radius 3 is 2.83 bits per heavy atom. The van der Waals surface area contributed by atoms with Crippen molar-refractivity contribution in [3.8, 4) is 5.75 Å². The van der Waals surface area contributed by atoms with Crippen molar-refractivity contribution < 1.29 is 9.53 Å². The van der Waals surface area contributed by atoms with Crippen LogP contribution in [0.25, 0.3) is 0 Å². The Bertz CT molecular complexity index is 565. The van der Waals surface area contributed by atoms with E-state index < -0.39 is 0 Å². The maximum atomic E-state index is 12.0. The first-order chi connectivity index (χ1) is 8.61. The molecule has 18 heavy (non-hydrogen) atoms. The van der Waals surface area contributed by atoms with Crippen molar-refractivity contribution >= 4 is 27.5 Å². The lowest BCUT2D eigenvalue weighted by Gasteiger charge is -2.13. The average molecular weight is 309 g/mol. The third-order valence-electron chi connectivity index (χ3n) is 2.57. The number of carbonyl (C=O) groups is 1. The molecule has 0 spiro atoms. The van der Waals surface area contributed by atoms with Crippen molar-refractivity contribution in [2.75, 3.05) is 12.4 Å². The van der Waals surface area contributed by atoms with Gasteiger partial charge >= 0.3 is 0 Å². The zero-order chi connectivity index (χ0) is 13.1. The molecule has 5 heteroatoms. The summed E-state index contributed by atoms with van der Waals surface area (Å²) in [7, 11) is 1.57. The zero-order valence-electron chi connectivity index (χ0n) is 10.1. The fraction of sp³-hybridized carbons (Fsp3) is 0.154. The lowest BCUT2D eigenvalue weighted by atomic mass is 10.2. The predicted molar refractivity (Wildman–Crippen MR) is 74.2 cm³/mol. The number of hydrogen-bond acceptors (Lipinski definition) is 2. The van der Waals surface area contributed by atoms with Crippen molar-refractivity contribution in [3.63, 3.8) is 0 Å². The van der Waals surface area contributed by atoms with Crippen molar-refractivity contribution in [1.82, 2.24) is 4.98 Å². The summed E-state index contributed by atoms with van der Waals surface area (Å²) in [5.41, 5.74) is 2.13. The van der Waals surface area contributed by atoms with Crippen molar-refractivity contribution in [2.24, 2.45) is 0 Å². The highest BCUT2D eigenvalue weighted by molar-refractivity contribution is 9.10. The Balaban J connectivity index is 2.31. The van der Waals surface area contributed by atoms with Crippen LogP contribution in [-0.4, -0.2) is 18.0 Å². The molecule has 2 aromatic rings. The summed E-state index contributed by atoms with van der Waals surface area (Å²) in [6.45, 7) is 1.91. The van der Waals surface area contributed by atoms with E-state index >= 15 is 0 Å². The van der Waals surface area contributed by atoms with Crippen LogP contribution >= 0.6 is 15.9 Å². The summed E-state index contributed by atoms with van der Waals surface area (Å²) in [4.78, 5) is 14.8. The van der Waals surface area contributed by atoms with Gasteiger partial charge in [0.15, 0.2) is 0 Å². The van der Waals surface area contributed by atoms with Gasteiger partial charge in [-0.2, -0.15) is 0 Å². The summed E-state index contributed by atoms with van der Waals surface area (Å²) >= 11 is 3.39. The molecule has 0 bridgehead atoms. The van der Waals surface area contributed by atoms with Gasteiger partial charge in [-0.3, -0.25) is 4.79 Å². The quantitative estimate of drug-likeness (QED) is 0.913. The Kier molecular flexibility index (Phi) is 3.72. The molecule has 0 saturated carbocycles. The number of methoxy groups -OCH3 is 1. The van der Waals surface area contributed by atoms with Gasteiger partial charge in [-0.1, -0.05) is 15.9 Å². The van der Waals surface area contributed by atoms with Gasteiger partial charge in [0.25, 0.3) is 5.91 Å². The second kappa shape index (κ2) is 5.27. The normalized spacial score (nSPS) is 10.2. The summed E-state index contributed by atoms with van der Waals surface area (Å²) in [6.07, 6.45) is 1.71. The van der Waals surface area contributed by atoms with E-state index in [4.69, 9.17) is 4.74 Å². The van der Waals surface area contributed by atoms with Gasteiger partial charge in [0.2, 0.25) is 0 Å². The van der Waals surface area contributed by atoms with Crippen LogP contribution in [0.1, 0.15) is 16.1 Å². The number of hydrogen-bond donors (Lipinski definition) is 2. The number of amides is 1. The van der Waals surface area contributed by atoms with Crippen LogP contribution in [0.4, 0.5) is 5.69 Å². The maximum Gasteiger partial charge on any atom is 0.272 e. The van der Waals surface area contributed by atoms with Gasteiger partial charge in [-0.15, -0.1) is 0 Å². The minimum Gasteiger partial charge on any atom is -0.495 e. The lowest BCUT2D eigenvalue weighted by molar-refractivity contribution is 0.102. The van der Waals surface area contributed by atoms with Crippen molar-refractivity contribution in [2.45, 2.75) is 6.92 Å². The van der Waals surface area contributed by atoms with E-state index in [-0.39, 0.29) is 5.91 Å². The molecule has 0 unspecified atom stereocenters. The van der Waals surface area contributed by atoms with Crippen molar-refractivity contribution in [3.05, 3.63) is 46.2 Å². The highest BCUT2D eigenvalue weighted by Gasteiger charge is 2.13. The number of ether oxygens (including phenoxy) is 1. The lowest BCUT2D eigenvalue weighted by Crippen LogP contribution is -2.14. The molecular formula is C13H13BrN2O2. The Hall–Kier alpha value is -1.75. The molecule has 1 heterocycles. The summed E-state index contributed by atoms with van der Waals surface area (Å²) in [5, 5.41) is 2.84. The molecular weight excluding hydrogens is 296 g/mol. The van der Waals surface area contributed by atoms with Crippen LogP contribution in [0.15, 0.2) is 34.9 Å². The predicted octanol–water partition coefficient (Wildman–Crippen LogP) is 3.35. The Morgan fingerprint density at radius 1 is 1.44 bits per heavy atom.